The van der Waals surface area contributed by atoms with Crippen molar-refractivity contribution < 1.29 is 23.9 Å². The van der Waals surface area contributed by atoms with Crippen molar-refractivity contribution in [1.29, 1.82) is 0 Å². The van der Waals surface area contributed by atoms with Gasteiger partial charge in [0.25, 0.3) is 5.91 Å². The maximum Gasteiger partial charge on any atom is 0.328 e. The lowest BCUT2D eigenvalue weighted by atomic mass is 10.1. The van der Waals surface area contributed by atoms with E-state index in [1.165, 1.54) is 38.3 Å². The maximum absolute atomic E-state index is 12.1. The zero-order valence-corrected chi connectivity index (χ0v) is 16.1. The van der Waals surface area contributed by atoms with Crippen LogP contribution < -0.4 is 10.1 Å². The number of hydrogen-bond acceptors (Lipinski definition) is 5. The van der Waals surface area contributed by atoms with E-state index in [2.05, 4.69) is 5.32 Å². The average molecular weight is 410 g/mol. The van der Waals surface area contributed by atoms with Gasteiger partial charge in [-0.05, 0) is 49.4 Å². The van der Waals surface area contributed by atoms with Crippen LogP contribution in [0.15, 0.2) is 42.5 Å². The second-order valence-electron chi connectivity index (χ2n) is 5.58. The zero-order valence-electron chi connectivity index (χ0n) is 14.6. The van der Waals surface area contributed by atoms with Gasteiger partial charge in [-0.1, -0.05) is 23.2 Å². The Morgan fingerprint density at radius 1 is 1.04 bits per heavy atom. The molecule has 0 radical (unpaired) electrons. The normalized spacial score (nSPS) is 11.4. The topological polar surface area (TPSA) is 81.7 Å². The van der Waals surface area contributed by atoms with Gasteiger partial charge in [0.05, 0.1) is 12.1 Å². The molecule has 0 aliphatic rings. The third kappa shape index (κ3) is 5.70. The fourth-order valence-electron chi connectivity index (χ4n) is 2.12. The van der Waals surface area contributed by atoms with E-state index in [9.17, 15) is 14.4 Å². The number of hydrogen-bond donors (Lipinski definition) is 1. The molecule has 0 saturated heterocycles. The van der Waals surface area contributed by atoms with Gasteiger partial charge in [0.1, 0.15) is 11.8 Å². The molecule has 0 aromatic heterocycles. The van der Waals surface area contributed by atoms with Gasteiger partial charge >= 0.3 is 5.97 Å². The van der Waals surface area contributed by atoms with Gasteiger partial charge in [0.15, 0.2) is 12.4 Å². The largest absolute Gasteiger partial charge is 0.495 e. The van der Waals surface area contributed by atoms with Crippen LogP contribution in [0.4, 0.5) is 0 Å². The summed E-state index contributed by atoms with van der Waals surface area (Å²) < 4.78 is 9.99. The van der Waals surface area contributed by atoms with E-state index in [0.717, 1.165) is 0 Å². The van der Waals surface area contributed by atoms with Crippen LogP contribution in [0.5, 0.6) is 5.75 Å². The third-order valence-electron chi connectivity index (χ3n) is 3.63. The fraction of sp³-hybridized carbons (Fsp3) is 0.211. The van der Waals surface area contributed by atoms with E-state index in [1.807, 2.05) is 0 Å². The Morgan fingerprint density at radius 2 is 1.67 bits per heavy atom. The molecule has 142 valence electrons. The number of amides is 1. The Hall–Kier alpha value is -2.57. The van der Waals surface area contributed by atoms with Gasteiger partial charge < -0.3 is 14.8 Å². The monoisotopic (exact) mass is 409 g/mol. The van der Waals surface area contributed by atoms with Gasteiger partial charge in [0, 0.05) is 16.1 Å². The Morgan fingerprint density at radius 3 is 2.26 bits per heavy atom. The van der Waals surface area contributed by atoms with Gasteiger partial charge in [-0.2, -0.15) is 0 Å². The first kappa shape index (κ1) is 20.7. The van der Waals surface area contributed by atoms with Crippen molar-refractivity contribution in [3.8, 4) is 5.75 Å². The first-order chi connectivity index (χ1) is 12.8. The Bertz CT molecular complexity index is 852. The van der Waals surface area contributed by atoms with Crippen LogP contribution in [0.2, 0.25) is 10.0 Å². The summed E-state index contributed by atoms with van der Waals surface area (Å²) in [5, 5.41) is 3.27. The summed E-state index contributed by atoms with van der Waals surface area (Å²) in [4.78, 5) is 36.2. The van der Waals surface area contributed by atoms with Crippen molar-refractivity contribution in [1.82, 2.24) is 5.32 Å². The highest BCUT2D eigenvalue weighted by Crippen LogP contribution is 2.25. The number of methoxy groups -OCH3 is 1. The second kappa shape index (κ2) is 9.39. The van der Waals surface area contributed by atoms with Crippen LogP contribution in [0.1, 0.15) is 27.6 Å². The fourth-order valence-corrected chi connectivity index (χ4v) is 2.51. The lowest BCUT2D eigenvalue weighted by molar-refractivity contribution is -0.144. The quantitative estimate of drug-likeness (QED) is 0.558. The number of ether oxygens (including phenoxy) is 2. The predicted molar refractivity (Wildman–Crippen MR) is 102 cm³/mol. The van der Waals surface area contributed by atoms with Crippen LogP contribution in [0.3, 0.4) is 0 Å². The van der Waals surface area contributed by atoms with Gasteiger partial charge in [-0.3, -0.25) is 9.59 Å². The molecule has 0 aliphatic carbocycles. The lowest BCUT2D eigenvalue weighted by Crippen LogP contribution is -2.40. The molecular weight excluding hydrogens is 393 g/mol. The molecule has 1 atom stereocenters. The van der Waals surface area contributed by atoms with Gasteiger partial charge in [0.2, 0.25) is 0 Å². The molecule has 2 rings (SSSR count). The number of Topliss-reactive ketones (excluding diaryl/α,β-unsaturated/α-hetero) is 1. The smallest absolute Gasteiger partial charge is 0.328 e. The SMILES string of the molecule is COc1ccc(C(=O)COC(=O)[C@H](C)NC(=O)c2ccc(Cl)cc2)cc1Cl. The van der Waals surface area contributed by atoms with Crippen molar-refractivity contribution >= 4 is 40.9 Å². The van der Waals surface area contributed by atoms with Crippen molar-refractivity contribution in [2.45, 2.75) is 13.0 Å². The standard InChI is InChI=1S/C19H17Cl2NO5/c1-11(22-18(24)12-3-6-14(20)7-4-12)19(25)27-10-16(23)13-5-8-17(26-2)15(21)9-13/h3-9,11H,10H2,1-2H3,(H,22,24)/t11-/m0/s1. The van der Waals surface area contributed by atoms with E-state index in [1.54, 1.807) is 18.2 Å². The van der Waals surface area contributed by atoms with E-state index in [-0.39, 0.29) is 10.6 Å². The molecule has 2 aromatic rings. The maximum atomic E-state index is 12.1. The molecule has 8 heteroatoms. The van der Waals surface area contributed by atoms with E-state index < -0.39 is 30.3 Å². The number of ketones is 1. The van der Waals surface area contributed by atoms with E-state index in [0.29, 0.717) is 16.3 Å². The molecule has 0 fully saturated rings. The molecule has 6 nitrogen and oxygen atoms in total. The number of nitrogens with one attached hydrogen (secondary N) is 1. The van der Waals surface area contributed by atoms with Gasteiger partial charge in [-0.15, -0.1) is 0 Å². The summed E-state index contributed by atoms with van der Waals surface area (Å²) in [7, 11) is 1.46. The Balaban J connectivity index is 1.88. The summed E-state index contributed by atoms with van der Waals surface area (Å²) in [5.41, 5.74) is 0.634. The molecule has 0 unspecified atom stereocenters. The number of rotatable bonds is 7. The molecule has 0 spiro atoms. The van der Waals surface area contributed by atoms with E-state index >= 15 is 0 Å². The molecule has 0 heterocycles. The molecule has 0 bridgehead atoms. The molecule has 0 aliphatic heterocycles. The first-order valence-electron chi connectivity index (χ1n) is 7.91. The minimum Gasteiger partial charge on any atom is -0.495 e. The average Bonchev–Trinajstić information content (AvgIpc) is 2.66. The molecule has 1 N–H and O–H groups in total. The first-order valence-corrected chi connectivity index (χ1v) is 8.67. The summed E-state index contributed by atoms with van der Waals surface area (Å²) in [6, 6.07) is 9.78. The number of carbonyl (C=O) groups excluding carboxylic acids is 3. The Kier molecular flexibility index (Phi) is 7.21. The molecule has 27 heavy (non-hydrogen) atoms. The summed E-state index contributed by atoms with van der Waals surface area (Å²) in [6.07, 6.45) is 0. The summed E-state index contributed by atoms with van der Waals surface area (Å²) in [6.45, 7) is 0.994. The lowest BCUT2D eigenvalue weighted by Gasteiger charge is -2.13. The molecular formula is C19H17Cl2NO5. The van der Waals surface area contributed by atoms with Crippen LogP contribution in [-0.2, 0) is 9.53 Å². The van der Waals surface area contributed by atoms with Crippen LogP contribution >= 0.6 is 23.2 Å². The second-order valence-corrected chi connectivity index (χ2v) is 6.43. The van der Waals surface area contributed by atoms with Crippen molar-refractivity contribution in [3.63, 3.8) is 0 Å². The van der Waals surface area contributed by atoms with Gasteiger partial charge in [-0.25, -0.2) is 4.79 Å². The highest BCUT2D eigenvalue weighted by Gasteiger charge is 2.20. The Labute approximate surface area is 166 Å². The van der Waals surface area contributed by atoms with Crippen LogP contribution in [0, 0.1) is 0 Å². The highest BCUT2D eigenvalue weighted by atomic mass is 35.5. The number of benzene rings is 2. The molecule has 0 saturated carbocycles. The summed E-state index contributed by atoms with van der Waals surface area (Å²) in [5.74, 6) is -1.18. The highest BCUT2D eigenvalue weighted by molar-refractivity contribution is 6.32. The molecule has 1 amide bonds. The third-order valence-corrected chi connectivity index (χ3v) is 4.17. The summed E-state index contributed by atoms with van der Waals surface area (Å²) >= 11 is 11.7. The van der Waals surface area contributed by atoms with Crippen molar-refractivity contribution in [2.75, 3.05) is 13.7 Å². The predicted octanol–water partition coefficient (Wildman–Crippen LogP) is 3.55. The van der Waals surface area contributed by atoms with Crippen molar-refractivity contribution in [3.05, 3.63) is 63.6 Å². The number of carbonyl (C=O) groups is 3. The number of halogens is 2. The van der Waals surface area contributed by atoms with Crippen LogP contribution in [0.25, 0.3) is 0 Å². The van der Waals surface area contributed by atoms with Crippen LogP contribution in [-0.4, -0.2) is 37.4 Å². The van der Waals surface area contributed by atoms with Crippen molar-refractivity contribution in [2.24, 2.45) is 0 Å². The number of esters is 1. The zero-order chi connectivity index (χ0) is 20.0. The minimum absolute atomic E-state index is 0.276. The minimum atomic E-state index is -0.930. The van der Waals surface area contributed by atoms with E-state index in [4.69, 9.17) is 32.7 Å². The molecule has 2 aromatic carbocycles.